The maximum absolute atomic E-state index is 10.8. The van der Waals surface area contributed by atoms with Crippen LogP contribution in [0.1, 0.15) is 32.1 Å². The lowest BCUT2D eigenvalue weighted by molar-refractivity contribution is -0.131. The van der Waals surface area contributed by atoms with E-state index in [1.165, 1.54) is 6.42 Å². The number of hydrogen-bond acceptors (Lipinski definition) is 2. The van der Waals surface area contributed by atoms with E-state index in [0.29, 0.717) is 0 Å². The number of hydrogen-bond donors (Lipinski definition) is 0. The fourth-order valence-electron chi connectivity index (χ4n) is 2.13. The van der Waals surface area contributed by atoms with E-state index >= 15 is 0 Å². The van der Waals surface area contributed by atoms with E-state index in [4.69, 9.17) is 4.74 Å². The van der Waals surface area contributed by atoms with Gasteiger partial charge in [0.1, 0.15) is 6.29 Å². The standard InChI is InChI=1S/C9H14O2/c10-7-9(4-2-5-9)8-3-1-6-11-8/h7-8H,1-6H2. The molecular formula is C9H14O2. The molecule has 11 heavy (non-hydrogen) atoms. The molecule has 2 heteroatoms. The Morgan fingerprint density at radius 3 is 2.55 bits per heavy atom. The summed E-state index contributed by atoms with van der Waals surface area (Å²) in [6.45, 7) is 0.861. The number of ether oxygens (including phenoxy) is 1. The molecule has 0 radical (unpaired) electrons. The van der Waals surface area contributed by atoms with Crippen molar-refractivity contribution in [3.63, 3.8) is 0 Å². The van der Waals surface area contributed by atoms with Crippen molar-refractivity contribution in [2.75, 3.05) is 6.61 Å². The smallest absolute Gasteiger partial charge is 0.128 e. The van der Waals surface area contributed by atoms with E-state index < -0.39 is 0 Å². The van der Waals surface area contributed by atoms with Gasteiger partial charge in [-0.25, -0.2) is 0 Å². The van der Waals surface area contributed by atoms with Crippen LogP contribution >= 0.6 is 0 Å². The zero-order valence-corrected chi connectivity index (χ0v) is 6.71. The number of aldehydes is 1. The van der Waals surface area contributed by atoms with Gasteiger partial charge < -0.3 is 9.53 Å². The average molecular weight is 154 g/mol. The van der Waals surface area contributed by atoms with Crippen molar-refractivity contribution < 1.29 is 9.53 Å². The molecule has 2 aliphatic rings. The first-order chi connectivity index (χ1) is 5.37. The van der Waals surface area contributed by atoms with Gasteiger partial charge in [-0.1, -0.05) is 6.42 Å². The van der Waals surface area contributed by atoms with Gasteiger partial charge in [-0.2, -0.15) is 0 Å². The van der Waals surface area contributed by atoms with Crippen LogP contribution in [0.25, 0.3) is 0 Å². The summed E-state index contributed by atoms with van der Waals surface area (Å²) >= 11 is 0. The molecule has 0 N–H and O–H groups in total. The monoisotopic (exact) mass is 154 g/mol. The quantitative estimate of drug-likeness (QED) is 0.564. The molecule has 0 aromatic heterocycles. The third kappa shape index (κ3) is 1.00. The summed E-state index contributed by atoms with van der Waals surface area (Å²) in [6.07, 6.45) is 6.95. The molecular weight excluding hydrogens is 140 g/mol. The summed E-state index contributed by atoms with van der Waals surface area (Å²) < 4.78 is 5.52. The van der Waals surface area contributed by atoms with E-state index in [2.05, 4.69) is 0 Å². The average Bonchev–Trinajstić information content (AvgIpc) is 2.39. The van der Waals surface area contributed by atoms with Crippen molar-refractivity contribution in [2.45, 2.75) is 38.2 Å². The fourth-order valence-corrected chi connectivity index (χ4v) is 2.13. The lowest BCUT2D eigenvalue weighted by atomic mass is 9.65. The maximum atomic E-state index is 10.8. The van der Waals surface area contributed by atoms with Crippen molar-refractivity contribution in [1.82, 2.24) is 0 Å². The molecule has 0 spiro atoms. The Hall–Kier alpha value is -0.370. The predicted octanol–water partition coefficient (Wildman–Crippen LogP) is 1.53. The maximum Gasteiger partial charge on any atom is 0.128 e. The van der Waals surface area contributed by atoms with Crippen LogP contribution in [-0.2, 0) is 9.53 Å². The molecule has 2 nitrogen and oxygen atoms in total. The van der Waals surface area contributed by atoms with Crippen molar-refractivity contribution in [3.8, 4) is 0 Å². The first kappa shape index (κ1) is 7.29. The van der Waals surface area contributed by atoms with Crippen LogP contribution in [0.15, 0.2) is 0 Å². The van der Waals surface area contributed by atoms with E-state index in [1.807, 2.05) is 0 Å². The largest absolute Gasteiger partial charge is 0.377 e. The van der Waals surface area contributed by atoms with Gasteiger partial charge in [0.2, 0.25) is 0 Å². The molecule has 2 rings (SSSR count). The van der Waals surface area contributed by atoms with E-state index in [0.717, 1.165) is 38.6 Å². The minimum absolute atomic E-state index is 0.0590. The van der Waals surface area contributed by atoms with Gasteiger partial charge >= 0.3 is 0 Å². The van der Waals surface area contributed by atoms with Crippen LogP contribution in [0.3, 0.4) is 0 Å². The highest BCUT2D eigenvalue weighted by Gasteiger charge is 2.45. The number of carbonyl (C=O) groups is 1. The van der Waals surface area contributed by atoms with Gasteiger partial charge in [0, 0.05) is 6.61 Å². The van der Waals surface area contributed by atoms with E-state index in [9.17, 15) is 4.79 Å². The second-order valence-electron chi connectivity index (χ2n) is 3.71. The third-order valence-corrected chi connectivity index (χ3v) is 3.09. The Bertz CT molecular complexity index is 155. The Labute approximate surface area is 66.9 Å². The molecule has 0 bridgehead atoms. The summed E-state index contributed by atoms with van der Waals surface area (Å²) in [5, 5.41) is 0. The first-order valence-corrected chi connectivity index (χ1v) is 4.45. The molecule has 1 saturated carbocycles. The van der Waals surface area contributed by atoms with Gasteiger partial charge in [0.15, 0.2) is 0 Å². The molecule has 0 aromatic carbocycles. The molecule has 0 amide bonds. The predicted molar refractivity (Wildman–Crippen MR) is 41.3 cm³/mol. The summed E-state index contributed by atoms with van der Waals surface area (Å²) in [7, 11) is 0. The van der Waals surface area contributed by atoms with Gasteiger partial charge in [-0.15, -0.1) is 0 Å². The van der Waals surface area contributed by atoms with Crippen LogP contribution in [0.2, 0.25) is 0 Å². The molecule has 1 heterocycles. The van der Waals surface area contributed by atoms with Crippen molar-refractivity contribution in [3.05, 3.63) is 0 Å². The minimum atomic E-state index is -0.0590. The van der Waals surface area contributed by atoms with Crippen LogP contribution in [0.5, 0.6) is 0 Å². The Morgan fingerprint density at radius 1 is 1.36 bits per heavy atom. The van der Waals surface area contributed by atoms with Crippen molar-refractivity contribution >= 4 is 6.29 Å². The van der Waals surface area contributed by atoms with Crippen molar-refractivity contribution in [2.24, 2.45) is 5.41 Å². The normalized spacial score (nSPS) is 34.7. The Balaban J connectivity index is 2.04. The van der Waals surface area contributed by atoms with Gasteiger partial charge in [0.05, 0.1) is 11.5 Å². The highest BCUT2D eigenvalue weighted by Crippen LogP contribution is 2.46. The van der Waals surface area contributed by atoms with Gasteiger partial charge in [-0.3, -0.25) is 0 Å². The molecule has 62 valence electrons. The zero-order valence-electron chi connectivity index (χ0n) is 6.71. The number of carbonyl (C=O) groups excluding carboxylic acids is 1. The van der Waals surface area contributed by atoms with Gasteiger partial charge in [0.25, 0.3) is 0 Å². The zero-order chi connectivity index (χ0) is 7.73. The fraction of sp³-hybridized carbons (Fsp3) is 0.889. The lowest BCUT2D eigenvalue weighted by Crippen LogP contribution is -2.42. The summed E-state index contributed by atoms with van der Waals surface area (Å²) in [5.74, 6) is 0. The van der Waals surface area contributed by atoms with Gasteiger partial charge in [-0.05, 0) is 25.7 Å². The number of rotatable bonds is 2. The van der Waals surface area contributed by atoms with Crippen LogP contribution in [-0.4, -0.2) is 19.0 Å². The summed E-state index contributed by atoms with van der Waals surface area (Å²) in [6, 6.07) is 0. The lowest BCUT2D eigenvalue weighted by Gasteiger charge is -2.40. The van der Waals surface area contributed by atoms with Crippen LogP contribution in [0, 0.1) is 5.41 Å². The molecule has 1 aliphatic carbocycles. The first-order valence-electron chi connectivity index (χ1n) is 4.45. The third-order valence-electron chi connectivity index (χ3n) is 3.09. The molecule has 2 fully saturated rings. The van der Waals surface area contributed by atoms with E-state index in [1.54, 1.807) is 0 Å². The highest BCUT2D eigenvalue weighted by molar-refractivity contribution is 5.62. The molecule has 0 aromatic rings. The van der Waals surface area contributed by atoms with E-state index in [-0.39, 0.29) is 11.5 Å². The summed E-state index contributed by atoms with van der Waals surface area (Å²) in [4.78, 5) is 10.8. The Kier molecular flexibility index (Phi) is 1.72. The minimum Gasteiger partial charge on any atom is -0.377 e. The van der Waals surface area contributed by atoms with Crippen molar-refractivity contribution in [1.29, 1.82) is 0 Å². The Morgan fingerprint density at radius 2 is 2.18 bits per heavy atom. The second-order valence-corrected chi connectivity index (χ2v) is 3.71. The topological polar surface area (TPSA) is 26.3 Å². The van der Waals surface area contributed by atoms with Crippen LogP contribution in [0.4, 0.5) is 0 Å². The SMILES string of the molecule is O=CC1(C2CCCO2)CCC1. The molecule has 1 atom stereocenters. The van der Waals surface area contributed by atoms with Crippen LogP contribution < -0.4 is 0 Å². The second kappa shape index (κ2) is 2.59. The highest BCUT2D eigenvalue weighted by atomic mass is 16.5. The molecule has 1 unspecified atom stereocenters. The molecule has 1 saturated heterocycles. The summed E-state index contributed by atoms with van der Waals surface area (Å²) in [5.41, 5.74) is -0.0590. The molecule has 1 aliphatic heterocycles.